The van der Waals surface area contributed by atoms with Gasteiger partial charge < -0.3 is 20.4 Å². The molecule has 1 aliphatic heterocycles. The van der Waals surface area contributed by atoms with E-state index >= 15 is 0 Å². The molecule has 3 atom stereocenters. The van der Waals surface area contributed by atoms with Crippen molar-refractivity contribution in [1.29, 1.82) is 0 Å². The number of carbonyl (C=O) groups excluding carboxylic acids is 1. The number of urea groups is 1. The molecule has 0 aromatic rings. The lowest BCUT2D eigenvalue weighted by molar-refractivity contribution is -0.137. The minimum atomic E-state index is -0.924. The van der Waals surface area contributed by atoms with Crippen LogP contribution in [0.3, 0.4) is 0 Å². The Labute approximate surface area is 113 Å². The van der Waals surface area contributed by atoms with Gasteiger partial charge in [-0.05, 0) is 39.5 Å². The van der Waals surface area contributed by atoms with E-state index in [2.05, 4.69) is 5.32 Å². The van der Waals surface area contributed by atoms with Gasteiger partial charge in [0.25, 0.3) is 0 Å². The van der Waals surface area contributed by atoms with E-state index in [1.807, 2.05) is 0 Å². The van der Waals surface area contributed by atoms with Crippen LogP contribution in [-0.4, -0.2) is 51.8 Å². The lowest BCUT2D eigenvalue weighted by atomic mass is 9.97. The van der Waals surface area contributed by atoms with Crippen LogP contribution in [0.25, 0.3) is 0 Å². The van der Waals surface area contributed by atoms with Gasteiger partial charge in [-0.15, -0.1) is 0 Å². The molecule has 3 unspecified atom stereocenters. The first-order valence-electron chi connectivity index (χ1n) is 6.87. The SMILES string of the molecule is CC(O)CC1CCCCN1C(=O)NC(C)CC(=O)O. The Kier molecular flexibility index (Phi) is 6.08. The molecule has 2 amide bonds. The van der Waals surface area contributed by atoms with Crippen molar-refractivity contribution < 1.29 is 19.8 Å². The van der Waals surface area contributed by atoms with Crippen molar-refractivity contribution in [2.24, 2.45) is 0 Å². The average molecular weight is 272 g/mol. The largest absolute Gasteiger partial charge is 0.481 e. The van der Waals surface area contributed by atoms with Crippen molar-refractivity contribution in [3.8, 4) is 0 Å². The van der Waals surface area contributed by atoms with E-state index in [-0.39, 0.29) is 24.5 Å². The second kappa shape index (κ2) is 7.33. The zero-order valence-electron chi connectivity index (χ0n) is 11.6. The van der Waals surface area contributed by atoms with E-state index in [9.17, 15) is 14.7 Å². The first-order chi connectivity index (χ1) is 8.90. The molecule has 6 heteroatoms. The third kappa shape index (κ3) is 5.46. The summed E-state index contributed by atoms with van der Waals surface area (Å²) in [6.07, 6.45) is 2.96. The first kappa shape index (κ1) is 15.8. The monoisotopic (exact) mass is 272 g/mol. The number of nitrogens with one attached hydrogen (secondary N) is 1. The van der Waals surface area contributed by atoms with Gasteiger partial charge in [0.15, 0.2) is 0 Å². The second-order valence-corrected chi connectivity index (χ2v) is 5.38. The van der Waals surface area contributed by atoms with Gasteiger partial charge in [-0.25, -0.2) is 4.79 Å². The highest BCUT2D eigenvalue weighted by Gasteiger charge is 2.28. The van der Waals surface area contributed by atoms with Gasteiger partial charge in [0.05, 0.1) is 12.5 Å². The highest BCUT2D eigenvalue weighted by molar-refractivity contribution is 5.76. The molecule has 0 saturated carbocycles. The topological polar surface area (TPSA) is 89.9 Å². The minimum Gasteiger partial charge on any atom is -0.481 e. The molecule has 1 fully saturated rings. The molecule has 1 heterocycles. The number of amides is 2. The van der Waals surface area contributed by atoms with Crippen molar-refractivity contribution in [3.05, 3.63) is 0 Å². The van der Waals surface area contributed by atoms with Crippen molar-refractivity contribution in [2.75, 3.05) is 6.54 Å². The Morgan fingerprint density at radius 2 is 2.05 bits per heavy atom. The van der Waals surface area contributed by atoms with Gasteiger partial charge in [0.2, 0.25) is 0 Å². The van der Waals surface area contributed by atoms with Crippen LogP contribution in [0, 0.1) is 0 Å². The van der Waals surface area contributed by atoms with E-state index < -0.39 is 12.1 Å². The molecule has 0 spiro atoms. The molecule has 0 bridgehead atoms. The quantitative estimate of drug-likeness (QED) is 0.701. The number of aliphatic hydroxyl groups is 1. The Hall–Kier alpha value is -1.30. The number of nitrogens with zero attached hydrogens (tertiary/aromatic N) is 1. The molecule has 0 aliphatic carbocycles. The summed E-state index contributed by atoms with van der Waals surface area (Å²) in [6.45, 7) is 4.07. The molecule has 0 aromatic carbocycles. The molecule has 1 rings (SSSR count). The Morgan fingerprint density at radius 1 is 1.37 bits per heavy atom. The summed E-state index contributed by atoms with van der Waals surface area (Å²) in [5.41, 5.74) is 0. The Morgan fingerprint density at radius 3 is 2.63 bits per heavy atom. The molecule has 0 aromatic heterocycles. The summed E-state index contributed by atoms with van der Waals surface area (Å²) in [4.78, 5) is 24.4. The van der Waals surface area contributed by atoms with Gasteiger partial charge in [0, 0.05) is 18.6 Å². The summed E-state index contributed by atoms with van der Waals surface area (Å²) in [5.74, 6) is -0.924. The molecule has 19 heavy (non-hydrogen) atoms. The predicted octanol–water partition coefficient (Wildman–Crippen LogP) is 1.18. The fourth-order valence-electron chi connectivity index (χ4n) is 2.51. The van der Waals surface area contributed by atoms with Gasteiger partial charge in [-0.3, -0.25) is 4.79 Å². The molecule has 3 N–H and O–H groups in total. The number of likely N-dealkylation sites (tertiary alicyclic amines) is 1. The zero-order valence-corrected chi connectivity index (χ0v) is 11.6. The number of hydrogen-bond acceptors (Lipinski definition) is 3. The van der Waals surface area contributed by atoms with Crippen molar-refractivity contribution in [2.45, 2.75) is 64.1 Å². The number of aliphatic carboxylic acids is 1. The molecule has 6 nitrogen and oxygen atoms in total. The fourth-order valence-corrected chi connectivity index (χ4v) is 2.51. The number of piperidine rings is 1. The van der Waals surface area contributed by atoms with Crippen LogP contribution < -0.4 is 5.32 Å². The fraction of sp³-hybridized carbons (Fsp3) is 0.846. The first-order valence-corrected chi connectivity index (χ1v) is 6.87. The van der Waals surface area contributed by atoms with Crippen LogP contribution in [0.1, 0.15) is 46.0 Å². The smallest absolute Gasteiger partial charge is 0.317 e. The lowest BCUT2D eigenvalue weighted by Crippen LogP contribution is -2.51. The number of carboxylic acids is 1. The van der Waals surface area contributed by atoms with Gasteiger partial charge in [-0.1, -0.05) is 0 Å². The van der Waals surface area contributed by atoms with Gasteiger partial charge in [0.1, 0.15) is 0 Å². The second-order valence-electron chi connectivity index (χ2n) is 5.38. The third-order valence-electron chi connectivity index (χ3n) is 3.35. The summed E-state index contributed by atoms with van der Waals surface area (Å²) in [7, 11) is 0. The number of aliphatic hydroxyl groups excluding tert-OH is 1. The summed E-state index contributed by atoms with van der Waals surface area (Å²) in [5, 5.41) is 20.9. The molecule has 1 aliphatic rings. The standard InChI is InChI=1S/C13H24N2O4/c1-9(7-12(17)18)14-13(19)15-6-4-3-5-11(15)8-10(2)16/h9-11,16H,3-8H2,1-2H3,(H,14,19)(H,17,18). The van der Waals surface area contributed by atoms with Crippen molar-refractivity contribution >= 4 is 12.0 Å². The van der Waals surface area contributed by atoms with Crippen molar-refractivity contribution in [1.82, 2.24) is 10.2 Å². The highest BCUT2D eigenvalue weighted by Crippen LogP contribution is 2.21. The van der Waals surface area contributed by atoms with Crippen LogP contribution >= 0.6 is 0 Å². The maximum absolute atomic E-state index is 12.1. The van der Waals surface area contributed by atoms with Gasteiger partial charge in [-0.2, -0.15) is 0 Å². The Bertz CT molecular complexity index is 320. The maximum Gasteiger partial charge on any atom is 0.317 e. The Balaban J connectivity index is 2.54. The van der Waals surface area contributed by atoms with Crippen molar-refractivity contribution in [3.63, 3.8) is 0 Å². The zero-order chi connectivity index (χ0) is 14.4. The third-order valence-corrected chi connectivity index (χ3v) is 3.35. The lowest BCUT2D eigenvalue weighted by Gasteiger charge is -2.37. The molecule has 0 radical (unpaired) electrons. The van der Waals surface area contributed by atoms with E-state index in [1.165, 1.54) is 0 Å². The van der Waals surface area contributed by atoms with E-state index in [4.69, 9.17) is 5.11 Å². The van der Waals surface area contributed by atoms with E-state index in [1.54, 1.807) is 18.7 Å². The van der Waals surface area contributed by atoms with Crippen LogP contribution in [0.2, 0.25) is 0 Å². The minimum absolute atomic E-state index is 0.0470. The van der Waals surface area contributed by atoms with E-state index in [0.29, 0.717) is 13.0 Å². The summed E-state index contributed by atoms with van der Waals surface area (Å²) in [6, 6.07) is -0.566. The summed E-state index contributed by atoms with van der Waals surface area (Å²) >= 11 is 0. The number of carbonyl (C=O) groups is 2. The molecular weight excluding hydrogens is 248 g/mol. The molecule has 1 saturated heterocycles. The van der Waals surface area contributed by atoms with Crippen LogP contribution in [0.5, 0.6) is 0 Å². The number of carboxylic acid groups (broad SMARTS) is 1. The predicted molar refractivity (Wildman–Crippen MR) is 70.9 cm³/mol. The number of hydrogen-bond donors (Lipinski definition) is 3. The molecular formula is C13H24N2O4. The average Bonchev–Trinajstić information content (AvgIpc) is 2.27. The van der Waals surface area contributed by atoms with Crippen LogP contribution in [0.4, 0.5) is 4.79 Å². The summed E-state index contributed by atoms with van der Waals surface area (Å²) < 4.78 is 0. The van der Waals surface area contributed by atoms with E-state index in [0.717, 1.165) is 19.3 Å². The van der Waals surface area contributed by atoms with Crippen LogP contribution in [-0.2, 0) is 4.79 Å². The highest BCUT2D eigenvalue weighted by atomic mass is 16.4. The molecule has 110 valence electrons. The normalized spacial score (nSPS) is 22.7. The maximum atomic E-state index is 12.1. The van der Waals surface area contributed by atoms with Gasteiger partial charge >= 0.3 is 12.0 Å². The van der Waals surface area contributed by atoms with Crippen LogP contribution in [0.15, 0.2) is 0 Å². The number of rotatable bonds is 5.